The molecule has 0 fully saturated rings. The molecule has 1 aliphatic heterocycles. The van der Waals surface area contributed by atoms with E-state index in [1.54, 1.807) is 0 Å². The number of fused-ring (bicyclic) bond motifs is 1. The van der Waals surface area contributed by atoms with Gasteiger partial charge >= 0.3 is 0 Å². The summed E-state index contributed by atoms with van der Waals surface area (Å²) >= 11 is 2.00. The largest absolute Gasteiger partial charge is 0.271 e. The van der Waals surface area contributed by atoms with Crippen molar-refractivity contribution in [2.24, 2.45) is 11.8 Å². The van der Waals surface area contributed by atoms with Crippen molar-refractivity contribution >= 4 is 11.8 Å². The third-order valence-corrected chi connectivity index (χ3v) is 5.92. The van der Waals surface area contributed by atoms with Gasteiger partial charge in [-0.15, -0.1) is 11.8 Å². The Bertz CT molecular complexity index is 383. The van der Waals surface area contributed by atoms with Crippen LogP contribution in [0.1, 0.15) is 51.5 Å². The number of hydrogen-bond acceptors (Lipinski definition) is 3. The summed E-state index contributed by atoms with van der Waals surface area (Å²) in [5.41, 5.74) is 4.59. The maximum atomic E-state index is 5.86. The average Bonchev–Trinajstić information content (AvgIpc) is 2.91. The molecule has 1 heterocycles. The summed E-state index contributed by atoms with van der Waals surface area (Å²) in [5, 5.41) is 0.591. The molecule has 0 aromatic heterocycles. The fourth-order valence-electron chi connectivity index (χ4n) is 3.10. The summed E-state index contributed by atoms with van der Waals surface area (Å²) in [7, 11) is 0. The molecule has 0 saturated heterocycles. The average molecular weight is 292 g/mol. The zero-order valence-electron chi connectivity index (χ0n) is 12.8. The summed E-state index contributed by atoms with van der Waals surface area (Å²) in [6.07, 6.45) is 7.60. The Balaban J connectivity index is 1.93. The van der Waals surface area contributed by atoms with E-state index in [-0.39, 0.29) is 0 Å². The van der Waals surface area contributed by atoms with E-state index in [2.05, 4.69) is 43.5 Å². The Morgan fingerprint density at radius 2 is 2.15 bits per heavy atom. The molecule has 0 spiro atoms. The van der Waals surface area contributed by atoms with Crippen molar-refractivity contribution in [1.29, 1.82) is 0 Å². The molecule has 0 radical (unpaired) electrons. The Morgan fingerprint density at radius 3 is 2.80 bits per heavy atom. The van der Waals surface area contributed by atoms with E-state index in [4.69, 9.17) is 5.84 Å². The van der Waals surface area contributed by atoms with E-state index < -0.39 is 0 Å². The third kappa shape index (κ3) is 4.00. The molecule has 3 atom stereocenters. The van der Waals surface area contributed by atoms with Crippen LogP contribution in [-0.2, 0) is 6.42 Å². The lowest BCUT2D eigenvalue weighted by atomic mass is 9.90. The van der Waals surface area contributed by atoms with Gasteiger partial charge in [0.2, 0.25) is 0 Å². The normalized spacial score (nSPS) is 20.6. The summed E-state index contributed by atoms with van der Waals surface area (Å²) < 4.78 is 0. The molecule has 0 aliphatic carbocycles. The first kappa shape index (κ1) is 15.9. The maximum absolute atomic E-state index is 5.86. The Morgan fingerprint density at radius 1 is 1.35 bits per heavy atom. The predicted octanol–water partition coefficient (Wildman–Crippen LogP) is 4.14. The summed E-state index contributed by atoms with van der Waals surface area (Å²) in [6, 6.07) is 9.19. The van der Waals surface area contributed by atoms with Gasteiger partial charge in [0, 0.05) is 16.2 Å². The summed E-state index contributed by atoms with van der Waals surface area (Å²) in [6.45, 7) is 4.58. The number of benzene rings is 1. The van der Waals surface area contributed by atoms with Crippen LogP contribution in [0.2, 0.25) is 0 Å². The molecule has 2 rings (SSSR count). The Hall–Kier alpha value is -0.510. The zero-order chi connectivity index (χ0) is 14.4. The van der Waals surface area contributed by atoms with E-state index in [1.165, 1.54) is 42.6 Å². The molecule has 3 heteroatoms. The van der Waals surface area contributed by atoms with Gasteiger partial charge in [-0.2, -0.15) is 0 Å². The lowest BCUT2D eigenvalue weighted by Gasteiger charge is -2.26. The first-order chi connectivity index (χ1) is 9.78. The smallest absolute Gasteiger partial charge is 0.0338 e. The minimum atomic E-state index is 0.425. The highest BCUT2D eigenvalue weighted by molar-refractivity contribution is 8.00. The van der Waals surface area contributed by atoms with Crippen molar-refractivity contribution in [3.63, 3.8) is 0 Å². The number of thioether (sulfide) groups is 1. The zero-order valence-corrected chi connectivity index (χ0v) is 13.6. The fourth-order valence-corrected chi connectivity index (χ4v) is 4.50. The highest BCUT2D eigenvalue weighted by Gasteiger charge is 2.29. The van der Waals surface area contributed by atoms with Gasteiger partial charge in [0.05, 0.1) is 0 Å². The molecule has 3 N–H and O–H groups in total. The molecule has 0 saturated carbocycles. The van der Waals surface area contributed by atoms with E-state index in [9.17, 15) is 0 Å². The quantitative estimate of drug-likeness (QED) is 0.558. The Labute approximate surface area is 127 Å². The van der Waals surface area contributed by atoms with Crippen molar-refractivity contribution in [2.75, 3.05) is 0 Å². The number of hydrogen-bond donors (Lipinski definition) is 2. The van der Waals surface area contributed by atoms with Gasteiger partial charge in [-0.1, -0.05) is 57.7 Å². The van der Waals surface area contributed by atoms with E-state index in [0.717, 1.165) is 12.3 Å². The van der Waals surface area contributed by atoms with E-state index in [1.807, 2.05) is 11.8 Å². The second-order valence-electron chi connectivity index (χ2n) is 5.89. The molecule has 20 heavy (non-hydrogen) atoms. The van der Waals surface area contributed by atoms with Gasteiger partial charge in [0.1, 0.15) is 0 Å². The molecule has 0 bridgehead atoms. The van der Waals surface area contributed by atoms with Crippen molar-refractivity contribution < 1.29 is 0 Å². The number of rotatable bonds is 8. The van der Waals surface area contributed by atoms with Crippen LogP contribution in [0.3, 0.4) is 0 Å². The molecule has 3 unspecified atom stereocenters. The lowest BCUT2D eigenvalue weighted by Crippen LogP contribution is -2.43. The standard InChI is InChI=1S/C17H28N2S/c1-3-5-8-13(4-2)11-15(19-18)17-12-14-9-6-7-10-16(14)20-17/h6-7,9-10,13,15,17,19H,3-5,8,11-12,18H2,1-2H3. The van der Waals surface area contributed by atoms with Gasteiger partial charge in [-0.05, 0) is 30.4 Å². The molecule has 2 nitrogen and oxygen atoms in total. The van der Waals surface area contributed by atoms with Gasteiger partial charge in [-0.25, -0.2) is 0 Å². The first-order valence-electron chi connectivity index (χ1n) is 7.99. The van der Waals surface area contributed by atoms with Crippen LogP contribution in [0.5, 0.6) is 0 Å². The molecular formula is C17H28N2S. The van der Waals surface area contributed by atoms with Crippen molar-refractivity contribution in [2.45, 2.75) is 68.6 Å². The van der Waals surface area contributed by atoms with Gasteiger partial charge in [0.25, 0.3) is 0 Å². The number of nitrogens with two attached hydrogens (primary N) is 1. The second kappa shape index (κ2) is 8.06. The highest BCUT2D eigenvalue weighted by Crippen LogP contribution is 2.39. The molecule has 112 valence electrons. The highest BCUT2D eigenvalue weighted by atomic mass is 32.2. The van der Waals surface area contributed by atoms with Crippen LogP contribution in [-0.4, -0.2) is 11.3 Å². The van der Waals surface area contributed by atoms with Crippen LogP contribution in [0, 0.1) is 5.92 Å². The fraction of sp³-hybridized carbons (Fsp3) is 0.647. The number of unbranched alkanes of at least 4 members (excludes halogenated alkanes) is 1. The minimum Gasteiger partial charge on any atom is -0.271 e. The number of nitrogens with one attached hydrogen (secondary N) is 1. The molecule has 1 aromatic rings. The van der Waals surface area contributed by atoms with Crippen LogP contribution < -0.4 is 11.3 Å². The van der Waals surface area contributed by atoms with Crippen LogP contribution in [0.25, 0.3) is 0 Å². The van der Waals surface area contributed by atoms with Gasteiger partial charge in [0.15, 0.2) is 0 Å². The predicted molar refractivity (Wildman–Crippen MR) is 88.8 cm³/mol. The van der Waals surface area contributed by atoms with Crippen molar-refractivity contribution in [3.8, 4) is 0 Å². The summed E-state index contributed by atoms with van der Waals surface area (Å²) in [5.74, 6) is 6.66. The lowest BCUT2D eigenvalue weighted by molar-refractivity contribution is 0.346. The maximum Gasteiger partial charge on any atom is 0.0338 e. The van der Waals surface area contributed by atoms with Gasteiger partial charge in [-0.3, -0.25) is 11.3 Å². The third-order valence-electron chi connectivity index (χ3n) is 4.47. The molecule has 1 aliphatic rings. The van der Waals surface area contributed by atoms with E-state index in [0.29, 0.717) is 11.3 Å². The van der Waals surface area contributed by atoms with Crippen LogP contribution >= 0.6 is 11.8 Å². The molecule has 1 aromatic carbocycles. The van der Waals surface area contributed by atoms with Gasteiger partial charge < -0.3 is 0 Å². The SMILES string of the molecule is CCCCC(CC)CC(NN)C1Cc2ccccc2S1. The second-order valence-corrected chi connectivity index (χ2v) is 7.17. The first-order valence-corrected chi connectivity index (χ1v) is 8.87. The van der Waals surface area contributed by atoms with Crippen LogP contribution in [0.4, 0.5) is 0 Å². The van der Waals surface area contributed by atoms with Crippen molar-refractivity contribution in [3.05, 3.63) is 29.8 Å². The topological polar surface area (TPSA) is 38.0 Å². The Kier molecular flexibility index (Phi) is 6.40. The summed E-state index contributed by atoms with van der Waals surface area (Å²) in [4.78, 5) is 1.44. The monoisotopic (exact) mass is 292 g/mol. The van der Waals surface area contributed by atoms with Crippen molar-refractivity contribution in [1.82, 2.24) is 5.43 Å². The minimum absolute atomic E-state index is 0.425. The van der Waals surface area contributed by atoms with Crippen LogP contribution in [0.15, 0.2) is 29.2 Å². The number of hydrazine groups is 1. The molecule has 0 amide bonds. The molecular weight excluding hydrogens is 264 g/mol. The van der Waals surface area contributed by atoms with E-state index >= 15 is 0 Å².